The van der Waals surface area contributed by atoms with Crippen LogP contribution >= 0.6 is 24.0 Å². The molecule has 0 saturated heterocycles. The molecule has 0 amide bonds. The zero-order valence-electron chi connectivity index (χ0n) is 12.4. The fourth-order valence-electron chi connectivity index (χ4n) is 2.44. The molecule has 1 aromatic heterocycles. The molecule has 0 radical (unpaired) electrons. The van der Waals surface area contributed by atoms with Gasteiger partial charge in [-0.15, -0.1) is 12.4 Å². The topological polar surface area (TPSA) is 70.8 Å². The number of ether oxygens (including phenoxy) is 1. The van der Waals surface area contributed by atoms with Crippen LogP contribution in [0.1, 0.15) is 22.6 Å². The first-order chi connectivity index (χ1) is 10.8. The summed E-state index contributed by atoms with van der Waals surface area (Å²) in [7, 11) is 0. The summed E-state index contributed by atoms with van der Waals surface area (Å²) < 4.78 is 5.47. The van der Waals surface area contributed by atoms with Crippen LogP contribution < -0.4 is 5.32 Å². The van der Waals surface area contributed by atoms with E-state index in [1.807, 2.05) is 30.3 Å². The summed E-state index contributed by atoms with van der Waals surface area (Å²) in [5, 5.41) is 13.1. The van der Waals surface area contributed by atoms with Crippen molar-refractivity contribution in [2.75, 3.05) is 18.5 Å². The predicted molar refractivity (Wildman–Crippen MR) is 91.0 cm³/mol. The molecule has 1 N–H and O–H groups in total. The third kappa shape index (κ3) is 4.11. The molecule has 120 valence electrons. The molecule has 0 saturated carbocycles. The second-order valence-corrected chi connectivity index (χ2v) is 5.41. The van der Waals surface area contributed by atoms with E-state index in [9.17, 15) is 0 Å². The summed E-state index contributed by atoms with van der Waals surface area (Å²) >= 11 is 6.15. The van der Waals surface area contributed by atoms with Crippen molar-refractivity contribution < 1.29 is 4.74 Å². The molecule has 0 bridgehead atoms. The van der Waals surface area contributed by atoms with Crippen LogP contribution in [0.4, 0.5) is 5.82 Å². The Morgan fingerprint density at radius 2 is 2.13 bits per heavy atom. The van der Waals surface area contributed by atoms with Gasteiger partial charge in [-0.25, -0.2) is 9.97 Å². The van der Waals surface area contributed by atoms with Crippen LogP contribution in [0.2, 0.25) is 5.02 Å². The molecule has 5 nitrogen and oxygen atoms in total. The molecular weight excluding hydrogens is 335 g/mol. The van der Waals surface area contributed by atoms with Gasteiger partial charge in [0, 0.05) is 23.6 Å². The Labute approximate surface area is 146 Å². The number of rotatable bonds is 4. The van der Waals surface area contributed by atoms with Gasteiger partial charge in [0.2, 0.25) is 5.82 Å². The minimum atomic E-state index is 0. The Morgan fingerprint density at radius 3 is 2.91 bits per heavy atom. The molecule has 1 aromatic carbocycles. The summed E-state index contributed by atoms with van der Waals surface area (Å²) in [4.78, 5) is 8.52. The fraction of sp³-hybridized carbons (Fsp3) is 0.312. The summed E-state index contributed by atoms with van der Waals surface area (Å²) in [6, 6.07) is 9.77. The summed E-state index contributed by atoms with van der Waals surface area (Å²) in [5.74, 6) is 0.884. The number of hydrogen-bond acceptors (Lipinski definition) is 5. The Balaban J connectivity index is 0.00000192. The van der Waals surface area contributed by atoms with Gasteiger partial charge < -0.3 is 10.1 Å². The Hall–Kier alpha value is -1.87. The smallest absolute Gasteiger partial charge is 0.234 e. The normalized spacial score (nSPS) is 12.7. The van der Waals surface area contributed by atoms with Crippen LogP contribution in [0.3, 0.4) is 0 Å². The minimum Gasteiger partial charge on any atom is -0.376 e. The van der Waals surface area contributed by atoms with Crippen molar-refractivity contribution in [1.29, 1.82) is 5.26 Å². The van der Waals surface area contributed by atoms with Gasteiger partial charge in [0.25, 0.3) is 0 Å². The van der Waals surface area contributed by atoms with Gasteiger partial charge in [-0.3, -0.25) is 0 Å². The Kier molecular flexibility index (Phi) is 6.17. The molecule has 0 atom stereocenters. The second kappa shape index (κ2) is 8.11. The molecule has 7 heteroatoms. The molecule has 3 rings (SSSR count). The van der Waals surface area contributed by atoms with E-state index in [4.69, 9.17) is 21.6 Å². The highest BCUT2D eigenvalue weighted by atomic mass is 35.5. The highest BCUT2D eigenvalue weighted by molar-refractivity contribution is 6.31. The number of anilines is 1. The van der Waals surface area contributed by atoms with E-state index in [0.29, 0.717) is 32.0 Å². The maximum atomic E-state index is 9.05. The lowest BCUT2D eigenvalue weighted by Crippen LogP contribution is -2.18. The molecule has 0 unspecified atom stereocenters. The monoisotopic (exact) mass is 350 g/mol. The lowest BCUT2D eigenvalue weighted by atomic mass is 10.1. The third-order valence-corrected chi connectivity index (χ3v) is 3.94. The average Bonchev–Trinajstić information content (AvgIpc) is 2.56. The molecule has 0 spiro atoms. The highest BCUT2D eigenvalue weighted by Crippen LogP contribution is 2.22. The second-order valence-electron chi connectivity index (χ2n) is 5.00. The number of halogens is 2. The minimum absolute atomic E-state index is 0. The number of nitriles is 1. The van der Waals surface area contributed by atoms with Gasteiger partial charge >= 0.3 is 0 Å². The number of nitrogens with zero attached hydrogens (tertiary/aromatic N) is 3. The third-order valence-electron chi connectivity index (χ3n) is 3.57. The molecule has 2 heterocycles. The quantitative estimate of drug-likeness (QED) is 0.916. The number of fused-ring (bicyclic) bond motifs is 1. The summed E-state index contributed by atoms with van der Waals surface area (Å²) in [6.07, 6.45) is 1.49. The van der Waals surface area contributed by atoms with E-state index < -0.39 is 0 Å². The van der Waals surface area contributed by atoms with Gasteiger partial charge in [0.15, 0.2) is 0 Å². The first kappa shape index (κ1) is 17.5. The van der Waals surface area contributed by atoms with Gasteiger partial charge in [-0.05, 0) is 18.1 Å². The van der Waals surface area contributed by atoms with Gasteiger partial charge in [0.1, 0.15) is 11.9 Å². The van der Waals surface area contributed by atoms with Crippen LogP contribution in [0.25, 0.3) is 0 Å². The largest absolute Gasteiger partial charge is 0.376 e. The molecule has 0 fully saturated rings. The standard InChI is InChI=1S/C16H15ClN4O.ClH/c17-13-4-2-1-3-11(13)5-7-19-16-12-10-22-8-6-14(12)20-15(9-18)21-16;/h1-4H,5-8,10H2,(H,19,20,21);1H. The Morgan fingerprint density at radius 1 is 1.30 bits per heavy atom. The number of hydrogen-bond donors (Lipinski definition) is 1. The van der Waals surface area contributed by atoms with Gasteiger partial charge in [0.05, 0.1) is 18.9 Å². The molecule has 2 aromatic rings. The zero-order valence-corrected chi connectivity index (χ0v) is 14.0. The summed E-state index contributed by atoms with van der Waals surface area (Å²) in [6.45, 7) is 1.79. The fourth-order valence-corrected chi connectivity index (χ4v) is 2.68. The molecule has 0 aliphatic carbocycles. The first-order valence-electron chi connectivity index (χ1n) is 7.13. The van der Waals surface area contributed by atoms with Crippen molar-refractivity contribution in [2.45, 2.75) is 19.4 Å². The van der Waals surface area contributed by atoms with E-state index in [1.54, 1.807) is 0 Å². The van der Waals surface area contributed by atoms with E-state index in [-0.39, 0.29) is 18.2 Å². The van der Waals surface area contributed by atoms with Crippen LogP contribution in [0.5, 0.6) is 0 Å². The van der Waals surface area contributed by atoms with E-state index in [0.717, 1.165) is 28.3 Å². The maximum absolute atomic E-state index is 9.05. The van der Waals surface area contributed by atoms with E-state index >= 15 is 0 Å². The van der Waals surface area contributed by atoms with Crippen LogP contribution in [-0.2, 0) is 24.2 Å². The van der Waals surface area contributed by atoms with Crippen molar-refractivity contribution >= 4 is 29.8 Å². The number of aromatic nitrogens is 2. The van der Waals surface area contributed by atoms with Crippen LogP contribution in [0.15, 0.2) is 24.3 Å². The summed E-state index contributed by atoms with van der Waals surface area (Å²) in [5.41, 5.74) is 2.93. The van der Waals surface area contributed by atoms with Crippen molar-refractivity contribution in [2.24, 2.45) is 0 Å². The van der Waals surface area contributed by atoms with Crippen molar-refractivity contribution in [3.05, 3.63) is 51.9 Å². The molecule has 1 aliphatic heterocycles. The predicted octanol–water partition coefficient (Wildman–Crippen LogP) is 3.15. The van der Waals surface area contributed by atoms with E-state index in [1.165, 1.54) is 0 Å². The maximum Gasteiger partial charge on any atom is 0.234 e. The lowest BCUT2D eigenvalue weighted by molar-refractivity contribution is 0.109. The average molecular weight is 351 g/mol. The first-order valence-corrected chi connectivity index (χ1v) is 7.50. The number of benzene rings is 1. The molecular formula is C16H16Cl2N4O. The molecule has 23 heavy (non-hydrogen) atoms. The Bertz CT molecular complexity index is 731. The van der Waals surface area contributed by atoms with Gasteiger partial charge in [-0.2, -0.15) is 5.26 Å². The SMILES string of the molecule is Cl.N#Cc1nc2c(c(NCCc3ccccc3Cl)n1)COCC2. The number of nitrogens with one attached hydrogen (secondary N) is 1. The lowest BCUT2D eigenvalue weighted by Gasteiger charge is -2.19. The highest BCUT2D eigenvalue weighted by Gasteiger charge is 2.18. The van der Waals surface area contributed by atoms with Crippen LogP contribution in [-0.4, -0.2) is 23.1 Å². The van der Waals surface area contributed by atoms with Crippen molar-refractivity contribution in [1.82, 2.24) is 9.97 Å². The zero-order chi connectivity index (χ0) is 15.4. The van der Waals surface area contributed by atoms with Crippen molar-refractivity contribution in [3.63, 3.8) is 0 Å². The molecule has 1 aliphatic rings. The van der Waals surface area contributed by atoms with Crippen LogP contribution in [0, 0.1) is 11.3 Å². The van der Waals surface area contributed by atoms with E-state index in [2.05, 4.69) is 15.3 Å². The van der Waals surface area contributed by atoms with Crippen molar-refractivity contribution in [3.8, 4) is 6.07 Å². The van der Waals surface area contributed by atoms with Gasteiger partial charge in [-0.1, -0.05) is 29.8 Å².